The van der Waals surface area contributed by atoms with Crippen molar-refractivity contribution >= 4 is 17.4 Å². The Morgan fingerprint density at radius 1 is 1.25 bits per heavy atom. The second kappa shape index (κ2) is 4.90. The van der Waals surface area contributed by atoms with Crippen molar-refractivity contribution in [2.75, 3.05) is 5.32 Å². The van der Waals surface area contributed by atoms with Crippen LogP contribution in [0.3, 0.4) is 0 Å². The second-order valence-corrected chi connectivity index (χ2v) is 3.61. The molecule has 1 N–H and O–H groups in total. The molecule has 0 radical (unpaired) electrons. The zero-order valence-corrected chi connectivity index (χ0v) is 9.08. The Morgan fingerprint density at radius 3 is 2.69 bits per heavy atom. The maximum absolute atomic E-state index is 12.7. The molecule has 3 nitrogen and oxygen atoms in total. The van der Waals surface area contributed by atoms with E-state index in [0.717, 1.165) is 5.56 Å². The Balaban J connectivity index is 2.02. The highest BCUT2D eigenvalue weighted by molar-refractivity contribution is 6.32. The van der Waals surface area contributed by atoms with Crippen molar-refractivity contribution in [1.82, 2.24) is 9.97 Å². The summed E-state index contributed by atoms with van der Waals surface area (Å²) in [6, 6.07) is 6.24. The van der Waals surface area contributed by atoms with Gasteiger partial charge in [0.05, 0.1) is 6.20 Å². The van der Waals surface area contributed by atoms with Crippen LogP contribution in [-0.2, 0) is 6.54 Å². The molecule has 0 atom stereocenters. The molecule has 1 heterocycles. The number of nitrogens with zero attached hydrogens (tertiary/aromatic N) is 2. The van der Waals surface area contributed by atoms with Gasteiger partial charge in [0, 0.05) is 6.54 Å². The summed E-state index contributed by atoms with van der Waals surface area (Å²) in [5.41, 5.74) is 0.955. The Labute approximate surface area is 97.3 Å². The van der Waals surface area contributed by atoms with Crippen LogP contribution in [0.4, 0.5) is 10.2 Å². The van der Waals surface area contributed by atoms with Crippen LogP contribution >= 0.6 is 11.6 Å². The Kier molecular flexibility index (Phi) is 3.31. The zero-order chi connectivity index (χ0) is 11.4. The molecule has 0 amide bonds. The first kappa shape index (κ1) is 10.8. The summed E-state index contributed by atoms with van der Waals surface area (Å²) in [6.45, 7) is 0.539. The molecule has 0 bridgehead atoms. The van der Waals surface area contributed by atoms with Crippen molar-refractivity contribution in [2.24, 2.45) is 0 Å². The van der Waals surface area contributed by atoms with Gasteiger partial charge in [0.1, 0.15) is 23.0 Å². The van der Waals surface area contributed by atoms with E-state index in [4.69, 9.17) is 11.6 Å². The molecular formula is C11H9ClFN3. The molecule has 0 aliphatic heterocycles. The van der Waals surface area contributed by atoms with E-state index >= 15 is 0 Å². The molecule has 0 saturated carbocycles. The highest BCUT2D eigenvalue weighted by Crippen LogP contribution is 2.16. The molecule has 5 heteroatoms. The Morgan fingerprint density at radius 2 is 2.00 bits per heavy atom. The van der Waals surface area contributed by atoms with Crippen LogP contribution in [0.25, 0.3) is 0 Å². The fraction of sp³-hybridized carbons (Fsp3) is 0.0909. The van der Waals surface area contributed by atoms with Crippen LogP contribution in [0.15, 0.2) is 36.8 Å². The third-order valence-corrected chi connectivity index (χ3v) is 2.32. The highest BCUT2D eigenvalue weighted by Gasteiger charge is 2.00. The lowest BCUT2D eigenvalue weighted by Crippen LogP contribution is -2.02. The van der Waals surface area contributed by atoms with Crippen LogP contribution in [-0.4, -0.2) is 9.97 Å². The molecule has 0 unspecified atom stereocenters. The minimum Gasteiger partial charge on any atom is -0.365 e. The van der Waals surface area contributed by atoms with Crippen molar-refractivity contribution in [3.05, 3.63) is 53.2 Å². The topological polar surface area (TPSA) is 37.8 Å². The van der Waals surface area contributed by atoms with E-state index in [-0.39, 0.29) is 5.82 Å². The summed E-state index contributed by atoms with van der Waals surface area (Å²) < 4.78 is 12.7. The van der Waals surface area contributed by atoms with Crippen molar-refractivity contribution < 1.29 is 4.39 Å². The standard InChI is InChI=1S/C11H9ClFN3/c12-10-6-14-7-16-11(10)15-5-8-1-3-9(13)4-2-8/h1-4,6-7H,5H2,(H,14,15,16). The largest absolute Gasteiger partial charge is 0.365 e. The van der Waals surface area contributed by atoms with E-state index in [0.29, 0.717) is 17.4 Å². The lowest BCUT2D eigenvalue weighted by atomic mass is 10.2. The minimum atomic E-state index is -0.246. The third-order valence-electron chi connectivity index (χ3n) is 2.04. The van der Waals surface area contributed by atoms with Gasteiger partial charge in [-0.15, -0.1) is 0 Å². The van der Waals surface area contributed by atoms with Gasteiger partial charge in [-0.3, -0.25) is 0 Å². The summed E-state index contributed by atoms with van der Waals surface area (Å²) in [5.74, 6) is 0.324. The van der Waals surface area contributed by atoms with Crippen LogP contribution in [0.5, 0.6) is 0 Å². The molecule has 2 aromatic rings. The minimum absolute atomic E-state index is 0.246. The fourth-order valence-corrected chi connectivity index (χ4v) is 1.40. The molecule has 1 aromatic carbocycles. The van der Waals surface area contributed by atoms with Crippen LogP contribution in [0.1, 0.15) is 5.56 Å². The van der Waals surface area contributed by atoms with Gasteiger partial charge in [-0.25, -0.2) is 14.4 Å². The van der Waals surface area contributed by atoms with Gasteiger partial charge >= 0.3 is 0 Å². The van der Waals surface area contributed by atoms with Crippen LogP contribution in [0, 0.1) is 5.82 Å². The van der Waals surface area contributed by atoms with Gasteiger partial charge in [0.25, 0.3) is 0 Å². The number of aromatic nitrogens is 2. The SMILES string of the molecule is Fc1ccc(CNc2ncncc2Cl)cc1. The second-order valence-electron chi connectivity index (χ2n) is 3.20. The number of nitrogens with one attached hydrogen (secondary N) is 1. The summed E-state index contributed by atoms with van der Waals surface area (Å²) in [4.78, 5) is 7.76. The van der Waals surface area contributed by atoms with Gasteiger partial charge in [-0.2, -0.15) is 0 Å². The van der Waals surface area contributed by atoms with Gasteiger partial charge in [0.15, 0.2) is 0 Å². The van der Waals surface area contributed by atoms with E-state index in [2.05, 4.69) is 15.3 Å². The molecule has 1 aromatic heterocycles. The van der Waals surface area contributed by atoms with Gasteiger partial charge in [-0.1, -0.05) is 23.7 Å². The maximum atomic E-state index is 12.7. The maximum Gasteiger partial charge on any atom is 0.148 e. The first-order valence-electron chi connectivity index (χ1n) is 4.69. The smallest absolute Gasteiger partial charge is 0.148 e. The number of hydrogen-bond donors (Lipinski definition) is 1. The zero-order valence-electron chi connectivity index (χ0n) is 8.32. The van der Waals surface area contributed by atoms with E-state index in [1.54, 1.807) is 12.1 Å². The van der Waals surface area contributed by atoms with E-state index in [1.165, 1.54) is 24.7 Å². The van der Waals surface area contributed by atoms with E-state index in [1.807, 2.05) is 0 Å². The average molecular weight is 238 g/mol. The molecule has 0 saturated heterocycles. The third kappa shape index (κ3) is 2.67. The van der Waals surface area contributed by atoms with Crippen molar-refractivity contribution in [3.63, 3.8) is 0 Å². The van der Waals surface area contributed by atoms with Crippen molar-refractivity contribution in [3.8, 4) is 0 Å². The highest BCUT2D eigenvalue weighted by atomic mass is 35.5. The van der Waals surface area contributed by atoms with Crippen molar-refractivity contribution in [2.45, 2.75) is 6.54 Å². The van der Waals surface area contributed by atoms with E-state index in [9.17, 15) is 4.39 Å². The molecule has 0 spiro atoms. The number of halogens is 2. The normalized spacial score (nSPS) is 10.1. The molecular weight excluding hydrogens is 229 g/mol. The molecule has 0 fully saturated rings. The first-order valence-corrected chi connectivity index (χ1v) is 5.07. The number of anilines is 1. The molecule has 82 valence electrons. The summed E-state index contributed by atoms with van der Waals surface area (Å²) in [6.07, 6.45) is 2.93. The summed E-state index contributed by atoms with van der Waals surface area (Å²) in [7, 11) is 0. The lowest BCUT2D eigenvalue weighted by molar-refractivity contribution is 0.627. The molecule has 0 aliphatic carbocycles. The van der Waals surface area contributed by atoms with Gasteiger partial charge in [0.2, 0.25) is 0 Å². The van der Waals surface area contributed by atoms with Gasteiger partial charge in [-0.05, 0) is 17.7 Å². The Hall–Kier alpha value is -1.68. The number of benzene rings is 1. The predicted molar refractivity (Wildman–Crippen MR) is 60.8 cm³/mol. The lowest BCUT2D eigenvalue weighted by Gasteiger charge is -2.06. The average Bonchev–Trinajstić information content (AvgIpc) is 2.30. The Bertz CT molecular complexity index is 473. The first-order chi connectivity index (χ1) is 7.75. The number of rotatable bonds is 3. The summed E-state index contributed by atoms with van der Waals surface area (Å²) >= 11 is 5.87. The van der Waals surface area contributed by atoms with Crippen LogP contribution in [0.2, 0.25) is 5.02 Å². The molecule has 16 heavy (non-hydrogen) atoms. The number of hydrogen-bond acceptors (Lipinski definition) is 3. The quantitative estimate of drug-likeness (QED) is 0.892. The monoisotopic (exact) mass is 237 g/mol. The predicted octanol–water partition coefficient (Wildman–Crippen LogP) is 2.88. The molecule has 0 aliphatic rings. The van der Waals surface area contributed by atoms with Crippen LogP contribution < -0.4 is 5.32 Å². The van der Waals surface area contributed by atoms with Crippen molar-refractivity contribution in [1.29, 1.82) is 0 Å². The van der Waals surface area contributed by atoms with Gasteiger partial charge < -0.3 is 5.32 Å². The molecule has 2 rings (SSSR count). The fourth-order valence-electron chi connectivity index (χ4n) is 1.23. The van der Waals surface area contributed by atoms with E-state index < -0.39 is 0 Å². The summed E-state index contributed by atoms with van der Waals surface area (Å²) in [5, 5.41) is 3.51.